The third-order valence-electron chi connectivity index (χ3n) is 3.50. The van der Waals surface area contributed by atoms with E-state index in [1.165, 1.54) is 12.1 Å². The van der Waals surface area contributed by atoms with Gasteiger partial charge in [-0.25, -0.2) is 13.1 Å². The lowest BCUT2D eigenvalue weighted by atomic mass is 10.2. The van der Waals surface area contributed by atoms with Gasteiger partial charge >= 0.3 is 0 Å². The lowest BCUT2D eigenvalue weighted by Crippen LogP contribution is -2.34. The Morgan fingerprint density at radius 3 is 2.65 bits per heavy atom. The fraction of sp³-hybridized carbons (Fsp3) is 0.188. The molecule has 0 saturated carbocycles. The molecule has 2 aromatic rings. The molecule has 3 rings (SSSR count). The van der Waals surface area contributed by atoms with Crippen LogP contribution in [0.3, 0.4) is 0 Å². The summed E-state index contributed by atoms with van der Waals surface area (Å²) in [6.07, 6.45) is -0.596. The lowest BCUT2D eigenvalue weighted by molar-refractivity contribution is -0.122. The maximum atomic E-state index is 12.4. The molecule has 2 aromatic carbocycles. The molecule has 1 atom stereocenters. The summed E-state index contributed by atoms with van der Waals surface area (Å²) in [5.74, 6) is 0.156. The standard InChI is InChI=1S/C16H16N2O4S/c1-11-16(19)18-14-9-13(7-8-15(14)22-11)23(20,21)17-10-12-5-3-2-4-6-12/h2-9,11,17H,10H2,1H3,(H,18,19)/t11-/m0/s1. The predicted octanol–water partition coefficient (Wildman–Crippen LogP) is 1.88. The molecule has 7 heteroatoms. The third-order valence-corrected chi connectivity index (χ3v) is 4.90. The highest BCUT2D eigenvalue weighted by Gasteiger charge is 2.25. The number of amides is 1. The zero-order valence-electron chi connectivity index (χ0n) is 12.4. The Balaban J connectivity index is 1.81. The first-order valence-corrected chi connectivity index (χ1v) is 8.59. The van der Waals surface area contributed by atoms with Gasteiger partial charge in [-0.3, -0.25) is 4.79 Å². The van der Waals surface area contributed by atoms with Gasteiger partial charge in [-0.1, -0.05) is 30.3 Å². The highest BCUT2D eigenvalue weighted by Crippen LogP contribution is 2.31. The molecule has 6 nitrogen and oxygen atoms in total. The molecule has 0 bridgehead atoms. The maximum absolute atomic E-state index is 12.4. The Kier molecular flexibility index (Phi) is 4.06. The number of anilines is 1. The molecule has 1 amide bonds. The summed E-state index contributed by atoms with van der Waals surface area (Å²) in [6, 6.07) is 13.6. The molecule has 0 fully saturated rings. The number of hydrogen-bond donors (Lipinski definition) is 2. The van der Waals surface area contributed by atoms with Crippen LogP contribution < -0.4 is 14.8 Å². The summed E-state index contributed by atoms with van der Waals surface area (Å²) < 4.78 is 32.7. The van der Waals surface area contributed by atoms with Crippen molar-refractivity contribution in [3.8, 4) is 5.75 Å². The molecule has 1 aliphatic rings. The molecule has 0 radical (unpaired) electrons. The van der Waals surface area contributed by atoms with Crippen molar-refractivity contribution in [2.24, 2.45) is 0 Å². The number of sulfonamides is 1. The second-order valence-corrected chi connectivity index (χ2v) is 6.98. The predicted molar refractivity (Wildman–Crippen MR) is 85.6 cm³/mol. The van der Waals surface area contributed by atoms with Gasteiger partial charge in [0.05, 0.1) is 10.6 Å². The van der Waals surface area contributed by atoms with Crippen molar-refractivity contribution in [1.82, 2.24) is 4.72 Å². The van der Waals surface area contributed by atoms with E-state index < -0.39 is 16.1 Å². The average molecular weight is 332 g/mol. The van der Waals surface area contributed by atoms with Crippen LogP contribution in [0, 0.1) is 0 Å². The Hall–Kier alpha value is -2.38. The topological polar surface area (TPSA) is 84.5 Å². The summed E-state index contributed by atoms with van der Waals surface area (Å²) >= 11 is 0. The van der Waals surface area contributed by atoms with Crippen LogP contribution in [0.2, 0.25) is 0 Å². The van der Waals surface area contributed by atoms with Crippen molar-refractivity contribution in [3.63, 3.8) is 0 Å². The van der Waals surface area contributed by atoms with E-state index in [1.54, 1.807) is 13.0 Å². The minimum Gasteiger partial charge on any atom is -0.479 e. The largest absolute Gasteiger partial charge is 0.479 e. The fourth-order valence-corrected chi connectivity index (χ4v) is 3.26. The number of ether oxygens (including phenoxy) is 1. The first kappa shape index (κ1) is 15.5. The second-order valence-electron chi connectivity index (χ2n) is 5.22. The molecule has 0 saturated heterocycles. The molecule has 2 N–H and O–H groups in total. The van der Waals surface area contributed by atoms with E-state index in [9.17, 15) is 13.2 Å². The van der Waals surface area contributed by atoms with Crippen LogP contribution in [0.5, 0.6) is 5.75 Å². The van der Waals surface area contributed by atoms with Gasteiger partial charge in [0.2, 0.25) is 10.0 Å². The van der Waals surface area contributed by atoms with Crippen LogP contribution >= 0.6 is 0 Å². The van der Waals surface area contributed by atoms with Crippen molar-refractivity contribution in [3.05, 3.63) is 54.1 Å². The van der Waals surface area contributed by atoms with E-state index in [0.717, 1.165) is 5.56 Å². The second kappa shape index (κ2) is 6.02. The van der Waals surface area contributed by atoms with Crippen LogP contribution in [0.4, 0.5) is 5.69 Å². The minimum absolute atomic E-state index is 0.0747. The normalized spacial score (nSPS) is 17.1. The van der Waals surface area contributed by atoms with E-state index >= 15 is 0 Å². The Labute approximate surface area is 134 Å². The molecular weight excluding hydrogens is 316 g/mol. The number of benzene rings is 2. The maximum Gasteiger partial charge on any atom is 0.265 e. The van der Waals surface area contributed by atoms with Gasteiger partial charge in [0.1, 0.15) is 5.75 Å². The minimum atomic E-state index is -3.68. The van der Waals surface area contributed by atoms with Gasteiger partial charge in [0.25, 0.3) is 5.91 Å². The summed E-state index contributed by atoms with van der Waals surface area (Å²) in [7, 11) is -3.68. The zero-order chi connectivity index (χ0) is 16.4. The van der Waals surface area contributed by atoms with Gasteiger partial charge < -0.3 is 10.1 Å². The molecule has 23 heavy (non-hydrogen) atoms. The van der Waals surface area contributed by atoms with Gasteiger partial charge in [-0.2, -0.15) is 0 Å². The number of fused-ring (bicyclic) bond motifs is 1. The van der Waals surface area contributed by atoms with E-state index in [4.69, 9.17) is 4.74 Å². The summed E-state index contributed by atoms with van der Waals surface area (Å²) in [5, 5.41) is 2.64. The van der Waals surface area contributed by atoms with Crippen molar-refractivity contribution < 1.29 is 17.9 Å². The van der Waals surface area contributed by atoms with Crippen molar-refractivity contribution in [1.29, 1.82) is 0 Å². The quantitative estimate of drug-likeness (QED) is 0.895. The third kappa shape index (κ3) is 3.35. The van der Waals surface area contributed by atoms with Crippen molar-refractivity contribution >= 4 is 21.6 Å². The van der Waals surface area contributed by atoms with Crippen LogP contribution in [0.15, 0.2) is 53.4 Å². The number of rotatable bonds is 4. The van der Waals surface area contributed by atoms with E-state index in [1.807, 2.05) is 30.3 Å². The molecule has 120 valence electrons. The summed E-state index contributed by atoms with van der Waals surface area (Å²) in [4.78, 5) is 11.7. The smallest absolute Gasteiger partial charge is 0.265 e. The number of carbonyl (C=O) groups excluding carboxylic acids is 1. The van der Waals surface area contributed by atoms with Crippen LogP contribution in [-0.2, 0) is 21.4 Å². The van der Waals surface area contributed by atoms with Gasteiger partial charge in [-0.15, -0.1) is 0 Å². The van der Waals surface area contributed by atoms with Gasteiger partial charge in [-0.05, 0) is 30.7 Å². The molecule has 1 heterocycles. The van der Waals surface area contributed by atoms with Crippen LogP contribution in [0.1, 0.15) is 12.5 Å². The molecule has 1 aliphatic heterocycles. The monoisotopic (exact) mass is 332 g/mol. The molecular formula is C16H16N2O4S. The summed E-state index contributed by atoms with van der Waals surface area (Å²) in [6.45, 7) is 1.82. The van der Waals surface area contributed by atoms with Gasteiger partial charge in [0, 0.05) is 6.54 Å². The Morgan fingerprint density at radius 2 is 1.91 bits per heavy atom. The number of carbonyl (C=O) groups is 1. The Morgan fingerprint density at radius 1 is 1.17 bits per heavy atom. The number of hydrogen-bond acceptors (Lipinski definition) is 4. The fourth-order valence-electron chi connectivity index (χ4n) is 2.21. The molecule has 0 unspecified atom stereocenters. The first-order chi connectivity index (χ1) is 11.0. The SMILES string of the molecule is C[C@@H]1Oc2ccc(S(=O)(=O)NCc3ccccc3)cc2NC1=O. The molecule has 0 aromatic heterocycles. The van der Waals surface area contributed by atoms with Crippen molar-refractivity contribution in [2.75, 3.05) is 5.32 Å². The Bertz CT molecular complexity index is 834. The van der Waals surface area contributed by atoms with Crippen LogP contribution in [-0.4, -0.2) is 20.4 Å². The highest BCUT2D eigenvalue weighted by molar-refractivity contribution is 7.89. The zero-order valence-corrected chi connectivity index (χ0v) is 13.3. The molecule has 0 spiro atoms. The average Bonchev–Trinajstić information content (AvgIpc) is 2.55. The molecule has 0 aliphatic carbocycles. The van der Waals surface area contributed by atoms with Crippen LogP contribution in [0.25, 0.3) is 0 Å². The summed E-state index contributed by atoms with van der Waals surface area (Å²) in [5.41, 5.74) is 1.22. The lowest BCUT2D eigenvalue weighted by Gasteiger charge is -2.23. The van der Waals surface area contributed by atoms with E-state index in [0.29, 0.717) is 11.4 Å². The first-order valence-electron chi connectivity index (χ1n) is 7.11. The van der Waals surface area contributed by atoms with Crippen molar-refractivity contribution in [2.45, 2.75) is 24.5 Å². The van der Waals surface area contributed by atoms with Gasteiger partial charge in [0.15, 0.2) is 6.10 Å². The van der Waals surface area contributed by atoms with E-state index in [2.05, 4.69) is 10.0 Å². The number of nitrogens with one attached hydrogen (secondary N) is 2. The van der Waals surface area contributed by atoms with E-state index in [-0.39, 0.29) is 17.3 Å². The highest BCUT2D eigenvalue weighted by atomic mass is 32.2.